The van der Waals surface area contributed by atoms with E-state index >= 15 is 0 Å². The highest BCUT2D eigenvalue weighted by Crippen LogP contribution is 2.02. The number of rotatable bonds is 5. The minimum Gasteiger partial charge on any atom is -0.284 e. The van der Waals surface area contributed by atoms with Crippen LogP contribution in [-0.4, -0.2) is 15.8 Å². The molecule has 0 fully saturated rings. The zero-order valence-electron chi connectivity index (χ0n) is 10.9. The van der Waals surface area contributed by atoms with E-state index in [2.05, 4.69) is 41.8 Å². The van der Waals surface area contributed by atoms with Gasteiger partial charge < -0.3 is 0 Å². The van der Waals surface area contributed by atoms with E-state index in [9.17, 15) is 0 Å². The maximum atomic E-state index is 3.96. The van der Waals surface area contributed by atoms with Crippen molar-refractivity contribution < 1.29 is 0 Å². The first-order valence-corrected chi connectivity index (χ1v) is 5.87. The summed E-state index contributed by atoms with van der Waals surface area (Å²) in [6, 6.07) is 7.31. The van der Waals surface area contributed by atoms with Crippen molar-refractivity contribution in [3.05, 3.63) is 49.1 Å². The molecule has 0 spiro atoms. The number of pyridine rings is 2. The van der Waals surface area contributed by atoms with E-state index in [-0.39, 0.29) is 0 Å². The van der Waals surface area contributed by atoms with Gasteiger partial charge in [-0.05, 0) is 31.2 Å². The highest BCUT2D eigenvalue weighted by Gasteiger charge is 1.89. The quantitative estimate of drug-likeness (QED) is 0.335. The fourth-order valence-corrected chi connectivity index (χ4v) is 1.22. The molecule has 2 rings (SSSR count). The molecular weight excluding hydrogens is 256 g/mol. The van der Waals surface area contributed by atoms with E-state index in [1.807, 2.05) is 18.2 Å². The van der Waals surface area contributed by atoms with Crippen molar-refractivity contribution in [2.45, 2.75) is 6.92 Å². The van der Waals surface area contributed by atoms with Gasteiger partial charge in [-0.2, -0.15) is 0 Å². The number of nitrogens with zero attached hydrogens (tertiary/aromatic N) is 5. The SMILES string of the molecule is CC(N=NNc1cccnc1)=NNNc1cccnc1. The second kappa shape index (κ2) is 7.41. The van der Waals surface area contributed by atoms with Crippen molar-refractivity contribution in [1.29, 1.82) is 0 Å². The first kappa shape index (κ1) is 13.4. The molecule has 0 unspecified atom stereocenters. The summed E-state index contributed by atoms with van der Waals surface area (Å²) in [4.78, 5) is 7.90. The van der Waals surface area contributed by atoms with E-state index in [0.717, 1.165) is 11.4 Å². The molecule has 0 aliphatic rings. The Morgan fingerprint density at radius 2 is 1.75 bits per heavy atom. The van der Waals surface area contributed by atoms with Crippen molar-refractivity contribution in [2.24, 2.45) is 15.4 Å². The van der Waals surface area contributed by atoms with Crippen LogP contribution in [-0.2, 0) is 0 Å². The van der Waals surface area contributed by atoms with Gasteiger partial charge >= 0.3 is 0 Å². The Bertz CT molecular complexity index is 567. The smallest absolute Gasteiger partial charge is 0.171 e. The lowest BCUT2D eigenvalue weighted by Crippen LogP contribution is -2.16. The second-order valence-corrected chi connectivity index (χ2v) is 3.69. The molecule has 3 N–H and O–H groups in total. The number of hydrazone groups is 1. The summed E-state index contributed by atoms with van der Waals surface area (Å²) in [5.41, 5.74) is 9.80. The lowest BCUT2D eigenvalue weighted by Gasteiger charge is -2.03. The number of anilines is 2. The highest BCUT2D eigenvalue weighted by molar-refractivity contribution is 5.79. The van der Waals surface area contributed by atoms with E-state index in [1.54, 1.807) is 37.8 Å². The van der Waals surface area contributed by atoms with Gasteiger partial charge in [0, 0.05) is 12.4 Å². The maximum absolute atomic E-state index is 3.96. The molecule has 2 heterocycles. The molecule has 20 heavy (non-hydrogen) atoms. The minimum atomic E-state index is 0.456. The van der Waals surface area contributed by atoms with Crippen LogP contribution in [0.15, 0.2) is 64.5 Å². The molecule has 8 heteroatoms. The molecule has 0 bridgehead atoms. The normalized spacial score (nSPS) is 11.3. The molecule has 8 nitrogen and oxygen atoms in total. The largest absolute Gasteiger partial charge is 0.284 e. The number of amidine groups is 1. The van der Waals surface area contributed by atoms with Gasteiger partial charge in [-0.25, -0.2) is 5.53 Å². The summed E-state index contributed by atoms with van der Waals surface area (Å²) in [6.07, 6.45) is 6.69. The summed E-state index contributed by atoms with van der Waals surface area (Å²) in [5.74, 6) is 0.456. The van der Waals surface area contributed by atoms with Crippen molar-refractivity contribution in [1.82, 2.24) is 15.5 Å². The molecule has 0 aliphatic heterocycles. The summed E-state index contributed by atoms with van der Waals surface area (Å²) in [7, 11) is 0. The van der Waals surface area contributed by atoms with Gasteiger partial charge in [-0.15, -0.1) is 10.2 Å². The lowest BCUT2D eigenvalue weighted by atomic mass is 10.4. The summed E-state index contributed by atoms with van der Waals surface area (Å²) < 4.78 is 0. The Morgan fingerprint density at radius 3 is 2.40 bits per heavy atom. The number of aromatic nitrogens is 2. The van der Waals surface area contributed by atoms with E-state index in [1.165, 1.54) is 0 Å². The monoisotopic (exact) mass is 270 g/mol. The number of hydrogen-bond acceptors (Lipinski definition) is 6. The Morgan fingerprint density at radius 1 is 1.05 bits per heavy atom. The van der Waals surface area contributed by atoms with Crippen LogP contribution in [0.2, 0.25) is 0 Å². The Labute approximate surface area is 116 Å². The van der Waals surface area contributed by atoms with Crippen molar-refractivity contribution in [3.63, 3.8) is 0 Å². The first-order chi connectivity index (χ1) is 9.84. The predicted octanol–water partition coefficient (Wildman–Crippen LogP) is 2.21. The minimum absolute atomic E-state index is 0.456. The maximum Gasteiger partial charge on any atom is 0.171 e. The molecule has 0 aliphatic carbocycles. The molecule has 102 valence electrons. The van der Waals surface area contributed by atoms with Gasteiger partial charge in [0.2, 0.25) is 0 Å². The molecule has 2 aromatic rings. The van der Waals surface area contributed by atoms with Crippen molar-refractivity contribution in [3.8, 4) is 0 Å². The molecule has 0 saturated carbocycles. The fraction of sp³-hybridized carbons (Fsp3) is 0.0833. The van der Waals surface area contributed by atoms with Crippen LogP contribution >= 0.6 is 0 Å². The third-order valence-corrected chi connectivity index (χ3v) is 2.11. The Kier molecular flexibility index (Phi) is 4.97. The van der Waals surface area contributed by atoms with E-state index in [4.69, 9.17) is 0 Å². The molecule has 0 amide bonds. The third-order valence-electron chi connectivity index (χ3n) is 2.11. The average molecular weight is 270 g/mol. The summed E-state index contributed by atoms with van der Waals surface area (Å²) in [5, 5.41) is 11.6. The number of hydrazine groups is 1. The van der Waals surface area contributed by atoms with Gasteiger partial charge in [0.1, 0.15) is 0 Å². The third kappa shape index (κ3) is 4.69. The number of nitrogens with one attached hydrogen (secondary N) is 3. The lowest BCUT2D eigenvalue weighted by molar-refractivity contribution is 0.867. The van der Waals surface area contributed by atoms with Gasteiger partial charge in [-0.1, -0.05) is 5.22 Å². The molecular formula is C12H14N8. The van der Waals surface area contributed by atoms with Crippen LogP contribution in [0.1, 0.15) is 6.92 Å². The molecule has 0 aromatic carbocycles. The van der Waals surface area contributed by atoms with Crippen LogP contribution in [0.5, 0.6) is 0 Å². The average Bonchev–Trinajstić information content (AvgIpc) is 2.49. The van der Waals surface area contributed by atoms with Gasteiger partial charge in [0.05, 0.1) is 23.8 Å². The van der Waals surface area contributed by atoms with E-state index in [0.29, 0.717) is 5.84 Å². The molecule has 0 atom stereocenters. The van der Waals surface area contributed by atoms with Crippen molar-refractivity contribution >= 4 is 17.2 Å². The van der Waals surface area contributed by atoms with Crippen molar-refractivity contribution in [2.75, 3.05) is 10.9 Å². The van der Waals surface area contributed by atoms with Crippen LogP contribution in [0.25, 0.3) is 0 Å². The Hall–Kier alpha value is -3.03. The zero-order chi connectivity index (χ0) is 14.0. The fourth-order valence-electron chi connectivity index (χ4n) is 1.22. The first-order valence-electron chi connectivity index (χ1n) is 5.87. The molecule has 2 aromatic heterocycles. The summed E-state index contributed by atoms with van der Waals surface area (Å²) in [6.45, 7) is 1.71. The standard InChI is InChI=1S/C12H14N8/c1-10(15-19-17-11-4-2-6-13-8-11)16-20-18-12-5-3-7-14-9-12/h2-9,17,19H,1H3,(H,15,16,18). The van der Waals surface area contributed by atoms with Gasteiger partial charge in [0.15, 0.2) is 5.84 Å². The van der Waals surface area contributed by atoms with Crippen LogP contribution in [0.3, 0.4) is 0 Å². The van der Waals surface area contributed by atoms with Crippen LogP contribution in [0, 0.1) is 0 Å². The highest BCUT2D eigenvalue weighted by atomic mass is 15.6. The van der Waals surface area contributed by atoms with Crippen LogP contribution in [0.4, 0.5) is 11.4 Å². The van der Waals surface area contributed by atoms with Gasteiger partial charge in [-0.3, -0.25) is 20.8 Å². The van der Waals surface area contributed by atoms with Gasteiger partial charge in [0.25, 0.3) is 0 Å². The molecule has 0 saturated heterocycles. The zero-order valence-corrected chi connectivity index (χ0v) is 10.9. The molecule has 0 radical (unpaired) electrons. The van der Waals surface area contributed by atoms with E-state index < -0.39 is 0 Å². The topological polar surface area (TPSA) is 99.0 Å². The second-order valence-electron chi connectivity index (χ2n) is 3.69. The predicted molar refractivity (Wildman–Crippen MR) is 76.8 cm³/mol. The number of hydrogen-bond donors (Lipinski definition) is 3. The van der Waals surface area contributed by atoms with Crippen LogP contribution < -0.4 is 16.4 Å². The Balaban J connectivity index is 1.76. The summed E-state index contributed by atoms with van der Waals surface area (Å²) >= 11 is 0.